The number of carbonyl (C=O) groups is 4. The maximum atomic E-state index is 13.7. The fourth-order valence-corrected chi connectivity index (χ4v) is 7.80. The maximum Gasteiger partial charge on any atom is 0.521 e. The number of hydrogen-bond acceptors (Lipinski definition) is 9. The molecule has 3 unspecified atom stereocenters. The van der Waals surface area contributed by atoms with Crippen LogP contribution < -0.4 is 20.5 Å². The summed E-state index contributed by atoms with van der Waals surface area (Å²) >= 11 is 7.13. The molecule has 12 nitrogen and oxygen atoms in total. The van der Waals surface area contributed by atoms with Crippen LogP contribution in [-0.2, 0) is 14.8 Å². The van der Waals surface area contributed by atoms with Gasteiger partial charge >= 0.3 is 12.0 Å². The minimum absolute atomic E-state index is 0.0347. The van der Waals surface area contributed by atoms with Crippen LogP contribution in [0.25, 0.3) is 0 Å². The number of rotatable bonds is 8. The predicted molar refractivity (Wildman–Crippen MR) is 172 cm³/mol. The minimum Gasteiger partial charge on any atom is -0.484 e. The van der Waals surface area contributed by atoms with Crippen LogP contribution in [0.5, 0.6) is 5.75 Å². The van der Waals surface area contributed by atoms with Crippen molar-refractivity contribution in [3.05, 3.63) is 88.4 Å². The Hall–Kier alpha value is -3.95. The van der Waals surface area contributed by atoms with E-state index in [1.165, 1.54) is 6.07 Å². The van der Waals surface area contributed by atoms with E-state index < -0.39 is 56.6 Å². The lowest BCUT2D eigenvalue weighted by Crippen LogP contribution is -2.61. The van der Waals surface area contributed by atoms with Gasteiger partial charge in [-0.3, -0.25) is 9.59 Å². The van der Waals surface area contributed by atoms with Gasteiger partial charge in [0.2, 0.25) is 15.1 Å². The van der Waals surface area contributed by atoms with E-state index in [0.29, 0.717) is 16.9 Å². The smallest absolute Gasteiger partial charge is 0.484 e. The first-order valence-electron chi connectivity index (χ1n) is 14.3. The van der Waals surface area contributed by atoms with E-state index in [4.69, 9.17) is 21.5 Å². The molecule has 0 radical (unpaired) electrons. The molecule has 46 heavy (non-hydrogen) atoms. The highest BCUT2D eigenvalue weighted by atomic mass is 35.5. The van der Waals surface area contributed by atoms with Gasteiger partial charge in [-0.1, -0.05) is 71.9 Å². The molecular formula is C31H32ClN4O8S2+. The quantitative estimate of drug-likeness (QED) is 0.244. The number of sulfonamides is 1. The second-order valence-electron chi connectivity index (χ2n) is 11.3. The third-order valence-electron chi connectivity index (χ3n) is 8.20. The van der Waals surface area contributed by atoms with Crippen molar-refractivity contribution in [3.63, 3.8) is 0 Å². The second-order valence-corrected chi connectivity index (χ2v) is 14.3. The average Bonchev–Trinajstić information content (AvgIpc) is 3.35. The first kappa shape index (κ1) is 33.4. The summed E-state index contributed by atoms with van der Waals surface area (Å²) < 4.78 is 29.3. The molecular weight excluding hydrogens is 656 g/mol. The molecule has 3 aromatic carbocycles. The number of ether oxygens (including phenoxy) is 1. The van der Waals surface area contributed by atoms with Crippen LogP contribution in [0.4, 0.5) is 10.5 Å². The topological polar surface area (TPSA) is 182 Å². The van der Waals surface area contributed by atoms with Crippen LogP contribution in [0.2, 0.25) is 5.02 Å². The van der Waals surface area contributed by atoms with E-state index in [2.05, 4.69) is 10.6 Å². The van der Waals surface area contributed by atoms with Crippen molar-refractivity contribution in [1.29, 1.82) is 0 Å². The van der Waals surface area contributed by atoms with E-state index in [0.717, 1.165) is 17.8 Å². The van der Waals surface area contributed by atoms with Gasteiger partial charge in [0.15, 0.2) is 6.10 Å². The van der Waals surface area contributed by atoms with Gasteiger partial charge in [-0.15, -0.1) is 0 Å². The average molecular weight is 688 g/mol. The van der Waals surface area contributed by atoms with E-state index in [-0.39, 0.29) is 45.0 Å². The number of thioether (sulfide) groups is 1. The molecule has 0 bridgehead atoms. The lowest BCUT2D eigenvalue weighted by molar-refractivity contribution is -0.795. The molecule has 5 N–H and O–H groups in total. The molecule has 1 saturated heterocycles. The van der Waals surface area contributed by atoms with Gasteiger partial charge in [0.25, 0.3) is 5.91 Å². The number of nitrogens with zero attached hydrogens (tertiary/aromatic N) is 1. The third-order valence-corrected chi connectivity index (χ3v) is 10.7. The second kappa shape index (κ2) is 13.0. The van der Waals surface area contributed by atoms with Gasteiger partial charge in [0.1, 0.15) is 29.4 Å². The number of carboxylic acid groups (broad SMARTS) is 1. The largest absolute Gasteiger partial charge is 0.521 e. The molecule has 2 heterocycles. The Kier molecular flexibility index (Phi) is 9.47. The summed E-state index contributed by atoms with van der Waals surface area (Å²) in [5.41, 5.74) is 1.32. The minimum atomic E-state index is -4.17. The Morgan fingerprint density at radius 3 is 2.46 bits per heavy atom. The number of hydrogen-bond donors (Lipinski definition) is 4. The number of anilines is 1. The summed E-state index contributed by atoms with van der Waals surface area (Å²) in [6, 6.07) is 17.3. The highest BCUT2D eigenvalue weighted by Crippen LogP contribution is 2.38. The molecule has 5 rings (SSSR count). The van der Waals surface area contributed by atoms with Crippen molar-refractivity contribution < 1.29 is 41.9 Å². The Morgan fingerprint density at radius 2 is 1.78 bits per heavy atom. The summed E-state index contributed by atoms with van der Waals surface area (Å²) in [7, 11) is -4.17. The van der Waals surface area contributed by atoms with Crippen molar-refractivity contribution in [3.8, 4) is 5.75 Å². The fraction of sp³-hybridized carbons (Fsp3) is 0.290. The zero-order valence-corrected chi connectivity index (χ0v) is 27.2. The number of benzene rings is 3. The highest BCUT2D eigenvalue weighted by molar-refractivity contribution is 8.14. The molecule has 0 spiro atoms. The number of nitrogens with one attached hydrogen (secondary N) is 2. The molecule has 15 heteroatoms. The molecule has 3 aromatic rings. The molecule has 0 aromatic heterocycles. The highest BCUT2D eigenvalue weighted by Gasteiger charge is 2.58. The SMILES string of the molecule is CC(CSC(=O)c1ccccc1)C(=O)[N@+]1(C(=O)O)C[C@@H](Oc2ccccc2C2NC(=O)c3cc(S(N)(=O)=O)c(Cl)cc3N2)CC1C. The third kappa shape index (κ3) is 6.48. The number of quaternary nitrogens is 1. The monoisotopic (exact) mass is 687 g/mol. The summed E-state index contributed by atoms with van der Waals surface area (Å²) in [6.45, 7) is 3.18. The predicted octanol–water partition coefficient (Wildman–Crippen LogP) is 4.61. The van der Waals surface area contributed by atoms with Gasteiger partial charge in [0, 0.05) is 23.3 Å². The zero-order chi connectivity index (χ0) is 33.4. The van der Waals surface area contributed by atoms with E-state index in [1.54, 1.807) is 68.4 Å². The molecule has 242 valence electrons. The maximum absolute atomic E-state index is 13.7. The Labute approximate surface area is 274 Å². The molecule has 2 aliphatic rings. The van der Waals surface area contributed by atoms with Gasteiger partial charge in [-0.2, -0.15) is 9.28 Å². The summed E-state index contributed by atoms with van der Waals surface area (Å²) in [6.07, 6.45) is -2.52. The first-order valence-corrected chi connectivity index (χ1v) is 17.2. The van der Waals surface area contributed by atoms with Gasteiger partial charge < -0.3 is 20.5 Å². The molecule has 0 saturated carbocycles. The van der Waals surface area contributed by atoms with Crippen molar-refractivity contribution in [2.45, 2.75) is 43.5 Å². The van der Waals surface area contributed by atoms with Crippen LogP contribution in [0.3, 0.4) is 0 Å². The van der Waals surface area contributed by atoms with Crippen molar-refractivity contribution >= 4 is 62.1 Å². The van der Waals surface area contributed by atoms with Crippen molar-refractivity contribution in [1.82, 2.24) is 5.32 Å². The van der Waals surface area contributed by atoms with Crippen LogP contribution in [0.15, 0.2) is 71.6 Å². The lowest BCUT2D eigenvalue weighted by atomic mass is 10.0. The van der Waals surface area contributed by atoms with Crippen molar-refractivity contribution in [2.24, 2.45) is 11.1 Å². The molecule has 3 amide bonds. The van der Waals surface area contributed by atoms with Gasteiger partial charge in [0.05, 0.1) is 22.2 Å². The standard InChI is InChI=1S/C31H31ClN4O8S2/c1-17(16-45-30(39)19-8-4-3-5-9-19)29(38)36(31(40)41)15-20(12-18(36)2)44-25-11-7-6-10-21(25)27-34-24-14-23(32)26(46(33,42)43)13-22(24)28(37)35-27/h3-11,13-14,17-18,20,27H,12,15-16H2,1-2H3,(H4-,33,34,35,37,40,41,42,43)/p+1/t17?,18?,20-,27?,36-/m0/s1. The number of likely N-dealkylation sites (tertiary alicyclic amines) is 1. The Morgan fingerprint density at radius 1 is 1.11 bits per heavy atom. The number of imide groups is 1. The van der Waals surface area contributed by atoms with E-state index >= 15 is 0 Å². The van der Waals surface area contributed by atoms with Crippen molar-refractivity contribution in [2.75, 3.05) is 17.6 Å². The fourth-order valence-electron chi connectivity index (χ4n) is 5.85. The summed E-state index contributed by atoms with van der Waals surface area (Å²) in [5.74, 6) is -1.35. The Bertz CT molecular complexity index is 1820. The number of amides is 3. The number of halogens is 1. The van der Waals surface area contributed by atoms with Gasteiger partial charge in [-0.05, 0) is 32.0 Å². The van der Waals surface area contributed by atoms with Gasteiger partial charge in [-0.25, -0.2) is 18.4 Å². The van der Waals surface area contributed by atoms with E-state index in [1.807, 2.05) is 0 Å². The van der Waals surface area contributed by atoms with Crippen LogP contribution in [0, 0.1) is 5.92 Å². The molecule has 2 aliphatic heterocycles. The normalized spacial score (nSPS) is 23.0. The van der Waals surface area contributed by atoms with E-state index in [9.17, 15) is 32.7 Å². The zero-order valence-electron chi connectivity index (χ0n) is 24.8. The number of fused-ring (bicyclic) bond motifs is 1. The summed E-state index contributed by atoms with van der Waals surface area (Å²) in [5, 5.41) is 21.1. The van der Waals surface area contributed by atoms with Crippen LogP contribution in [0.1, 0.15) is 52.7 Å². The molecule has 1 fully saturated rings. The number of carbonyl (C=O) groups excluding carboxylic acids is 3. The van der Waals surface area contributed by atoms with Crippen LogP contribution in [-0.4, -0.2) is 65.5 Å². The van der Waals surface area contributed by atoms with Crippen LogP contribution >= 0.6 is 23.4 Å². The molecule has 5 atom stereocenters. The first-order chi connectivity index (χ1) is 21.7. The Balaban J connectivity index is 1.33. The number of para-hydroxylation sites is 1. The summed E-state index contributed by atoms with van der Waals surface area (Å²) in [4.78, 5) is 51.7. The molecule has 0 aliphatic carbocycles. The number of primary sulfonamides is 1. The number of nitrogens with two attached hydrogens (primary N) is 1. The lowest BCUT2D eigenvalue weighted by Gasteiger charge is -2.32.